The summed E-state index contributed by atoms with van der Waals surface area (Å²) < 4.78 is 4.97. The molecule has 0 aromatic heterocycles. The number of nitrogens with zero attached hydrogens (tertiary/aromatic N) is 2. The standard InChI is InChI=1S/C10H23N3O/c1-10(2,3)12-9(11)13(4)7-6-8-14-5/h6-8H2,1-5H3,(H2,11,12). The maximum atomic E-state index is 5.82. The van der Waals surface area contributed by atoms with E-state index in [2.05, 4.69) is 4.99 Å². The zero-order valence-corrected chi connectivity index (χ0v) is 10.0. The van der Waals surface area contributed by atoms with Crippen molar-refractivity contribution in [2.45, 2.75) is 32.7 Å². The molecule has 0 amide bonds. The average molecular weight is 201 g/mol. The maximum Gasteiger partial charge on any atom is 0.191 e. The molecule has 0 fully saturated rings. The van der Waals surface area contributed by atoms with Gasteiger partial charge in [0.25, 0.3) is 0 Å². The predicted octanol–water partition coefficient (Wildman–Crippen LogP) is 1.07. The van der Waals surface area contributed by atoms with Crippen molar-refractivity contribution < 1.29 is 4.74 Å². The highest BCUT2D eigenvalue weighted by Gasteiger charge is 2.10. The van der Waals surface area contributed by atoms with Gasteiger partial charge in [-0.05, 0) is 27.2 Å². The second-order valence-corrected chi connectivity index (χ2v) is 4.41. The minimum atomic E-state index is -0.112. The van der Waals surface area contributed by atoms with Gasteiger partial charge in [-0.2, -0.15) is 0 Å². The Morgan fingerprint density at radius 2 is 2.00 bits per heavy atom. The molecule has 0 rings (SSSR count). The molecule has 0 bridgehead atoms. The first-order valence-electron chi connectivity index (χ1n) is 4.92. The van der Waals surface area contributed by atoms with Crippen LogP contribution in [0.5, 0.6) is 0 Å². The number of hydrogen-bond acceptors (Lipinski definition) is 2. The van der Waals surface area contributed by atoms with Gasteiger partial charge < -0.3 is 15.4 Å². The highest BCUT2D eigenvalue weighted by atomic mass is 16.5. The van der Waals surface area contributed by atoms with Crippen molar-refractivity contribution in [1.82, 2.24) is 4.90 Å². The minimum Gasteiger partial charge on any atom is -0.385 e. The molecule has 0 heterocycles. The molecule has 0 spiro atoms. The Bertz CT molecular complexity index is 184. The molecule has 2 N–H and O–H groups in total. The van der Waals surface area contributed by atoms with Gasteiger partial charge in [-0.15, -0.1) is 0 Å². The number of rotatable bonds is 4. The molecule has 0 atom stereocenters. The van der Waals surface area contributed by atoms with Gasteiger partial charge in [-0.25, -0.2) is 4.99 Å². The van der Waals surface area contributed by atoms with Gasteiger partial charge >= 0.3 is 0 Å². The number of aliphatic imine (C=N–C) groups is 1. The van der Waals surface area contributed by atoms with Crippen LogP contribution in [0.4, 0.5) is 0 Å². The normalized spacial score (nSPS) is 13.1. The number of hydrogen-bond donors (Lipinski definition) is 1. The van der Waals surface area contributed by atoms with E-state index in [4.69, 9.17) is 10.5 Å². The molecular formula is C10H23N3O. The highest BCUT2D eigenvalue weighted by Crippen LogP contribution is 2.06. The third-order valence-corrected chi connectivity index (χ3v) is 1.68. The van der Waals surface area contributed by atoms with Crippen molar-refractivity contribution in [2.24, 2.45) is 10.7 Å². The fourth-order valence-corrected chi connectivity index (χ4v) is 0.990. The first-order valence-corrected chi connectivity index (χ1v) is 4.92. The van der Waals surface area contributed by atoms with Crippen LogP contribution in [-0.4, -0.2) is 43.7 Å². The summed E-state index contributed by atoms with van der Waals surface area (Å²) in [4.78, 5) is 6.32. The fourth-order valence-electron chi connectivity index (χ4n) is 0.990. The van der Waals surface area contributed by atoms with Gasteiger partial charge in [0.05, 0.1) is 5.54 Å². The zero-order chi connectivity index (χ0) is 11.2. The molecule has 0 aromatic carbocycles. The van der Waals surface area contributed by atoms with Crippen LogP contribution in [0.3, 0.4) is 0 Å². The number of ether oxygens (including phenoxy) is 1. The summed E-state index contributed by atoms with van der Waals surface area (Å²) >= 11 is 0. The van der Waals surface area contributed by atoms with Gasteiger partial charge in [0, 0.05) is 27.3 Å². The van der Waals surface area contributed by atoms with Gasteiger partial charge in [-0.3, -0.25) is 0 Å². The molecule has 0 aliphatic rings. The van der Waals surface area contributed by atoms with Crippen LogP contribution < -0.4 is 5.73 Å². The van der Waals surface area contributed by atoms with Crippen molar-refractivity contribution in [3.8, 4) is 0 Å². The molecule has 0 aliphatic heterocycles. The van der Waals surface area contributed by atoms with Gasteiger partial charge in [0.15, 0.2) is 5.96 Å². The predicted molar refractivity (Wildman–Crippen MR) is 60.5 cm³/mol. The lowest BCUT2D eigenvalue weighted by atomic mass is 10.1. The van der Waals surface area contributed by atoms with Crippen molar-refractivity contribution in [3.05, 3.63) is 0 Å². The minimum absolute atomic E-state index is 0.112. The second-order valence-electron chi connectivity index (χ2n) is 4.41. The van der Waals surface area contributed by atoms with E-state index in [0.717, 1.165) is 19.6 Å². The average Bonchev–Trinajstić information content (AvgIpc) is 2.01. The van der Waals surface area contributed by atoms with E-state index in [9.17, 15) is 0 Å². The lowest BCUT2D eigenvalue weighted by Gasteiger charge is -2.21. The van der Waals surface area contributed by atoms with Crippen molar-refractivity contribution in [2.75, 3.05) is 27.3 Å². The summed E-state index contributed by atoms with van der Waals surface area (Å²) in [5.74, 6) is 0.591. The van der Waals surface area contributed by atoms with Crippen LogP contribution in [0.15, 0.2) is 4.99 Å². The van der Waals surface area contributed by atoms with Crippen LogP contribution in [-0.2, 0) is 4.74 Å². The second kappa shape index (κ2) is 5.86. The number of methoxy groups -OCH3 is 1. The van der Waals surface area contributed by atoms with E-state index in [1.165, 1.54) is 0 Å². The third kappa shape index (κ3) is 6.71. The first kappa shape index (κ1) is 13.2. The van der Waals surface area contributed by atoms with Crippen LogP contribution in [0.2, 0.25) is 0 Å². The maximum absolute atomic E-state index is 5.82. The monoisotopic (exact) mass is 201 g/mol. The Labute approximate surface area is 87.1 Å². The van der Waals surface area contributed by atoms with E-state index in [1.54, 1.807) is 7.11 Å². The summed E-state index contributed by atoms with van der Waals surface area (Å²) in [6.07, 6.45) is 0.966. The Morgan fingerprint density at radius 3 is 2.43 bits per heavy atom. The molecule has 0 radical (unpaired) electrons. The summed E-state index contributed by atoms with van der Waals surface area (Å²) in [7, 11) is 3.65. The molecule has 14 heavy (non-hydrogen) atoms. The van der Waals surface area contributed by atoms with Crippen LogP contribution in [0.1, 0.15) is 27.2 Å². The fraction of sp³-hybridized carbons (Fsp3) is 0.900. The summed E-state index contributed by atoms with van der Waals surface area (Å²) in [5.41, 5.74) is 5.71. The summed E-state index contributed by atoms with van der Waals surface area (Å²) in [6.45, 7) is 7.72. The van der Waals surface area contributed by atoms with E-state index in [0.29, 0.717) is 5.96 Å². The molecule has 4 nitrogen and oxygen atoms in total. The first-order chi connectivity index (χ1) is 6.37. The van der Waals surface area contributed by atoms with Crippen LogP contribution in [0.25, 0.3) is 0 Å². The molecule has 4 heteroatoms. The summed E-state index contributed by atoms with van der Waals surface area (Å²) in [6, 6.07) is 0. The number of guanidine groups is 1. The molecule has 0 aliphatic carbocycles. The van der Waals surface area contributed by atoms with E-state index >= 15 is 0 Å². The van der Waals surface area contributed by atoms with Crippen LogP contribution in [0, 0.1) is 0 Å². The Morgan fingerprint density at radius 1 is 1.43 bits per heavy atom. The third-order valence-electron chi connectivity index (χ3n) is 1.68. The van der Waals surface area contributed by atoms with Crippen LogP contribution >= 0.6 is 0 Å². The summed E-state index contributed by atoms with van der Waals surface area (Å²) in [5, 5.41) is 0. The highest BCUT2D eigenvalue weighted by molar-refractivity contribution is 5.78. The SMILES string of the molecule is COCCCN(C)C(N)=NC(C)(C)C. The Hall–Kier alpha value is -0.770. The topological polar surface area (TPSA) is 50.9 Å². The van der Waals surface area contributed by atoms with E-state index in [1.807, 2.05) is 32.7 Å². The molecule has 0 aromatic rings. The molecule has 84 valence electrons. The molecule has 0 saturated heterocycles. The van der Waals surface area contributed by atoms with E-state index < -0.39 is 0 Å². The molecular weight excluding hydrogens is 178 g/mol. The number of nitrogens with two attached hydrogens (primary N) is 1. The smallest absolute Gasteiger partial charge is 0.191 e. The Balaban J connectivity index is 3.99. The van der Waals surface area contributed by atoms with Crippen molar-refractivity contribution >= 4 is 5.96 Å². The molecule has 0 saturated carbocycles. The van der Waals surface area contributed by atoms with Crippen molar-refractivity contribution in [1.29, 1.82) is 0 Å². The lowest BCUT2D eigenvalue weighted by Crippen LogP contribution is -2.37. The molecule has 0 unspecified atom stereocenters. The van der Waals surface area contributed by atoms with E-state index in [-0.39, 0.29) is 5.54 Å². The van der Waals surface area contributed by atoms with Gasteiger partial charge in [-0.1, -0.05) is 0 Å². The zero-order valence-electron chi connectivity index (χ0n) is 10.0. The van der Waals surface area contributed by atoms with Gasteiger partial charge in [0.1, 0.15) is 0 Å². The van der Waals surface area contributed by atoms with Gasteiger partial charge in [0.2, 0.25) is 0 Å². The largest absolute Gasteiger partial charge is 0.385 e. The lowest BCUT2D eigenvalue weighted by molar-refractivity contribution is 0.188. The quantitative estimate of drug-likeness (QED) is 0.420. The van der Waals surface area contributed by atoms with Crippen molar-refractivity contribution in [3.63, 3.8) is 0 Å². The Kier molecular flexibility index (Phi) is 5.53.